The van der Waals surface area contributed by atoms with Crippen LogP contribution in [0.25, 0.3) is 21.5 Å². The SMILES string of the molecule is CCN(Cc1nc2ccccc2c(=O)[nH]1)C(=O)Cc1csc(-c2cccc(Cl)c2)n1. The third-order valence-corrected chi connectivity index (χ3v) is 5.87. The van der Waals surface area contributed by atoms with Gasteiger partial charge in [-0.05, 0) is 31.2 Å². The first-order valence-electron chi connectivity index (χ1n) is 9.49. The third-order valence-electron chi connectivity index (χ3n) is 4.69. The molecular weight excluding hydrogens is 420 g/mol. The molecule has 2 aromatic carbocycles. The van der Waals surface area contributed by atoms with E-state index in [9.17, 15) is 9.59 Å². The average Bonchev–Trinajstić information content (AvgIpc) is 3.20. The highest BCUT2D eigenvalue weighted by atomic mass is 35.5. The van der Waals surface area contributed by atoms with Crippen LogP contribution in [0.4, 0.5) is 0 Å². The van der Waals surface area contributed by atoms with E-state index in [2.05, 4.69) is 15.0 Å². The van der Waals surface area contributed by atoms with Gasteiger partial charge < -0.3 is 9.88 Å². The number of halogens is 1. The number of thiazole rings is 1. The number of nitrogens with one attached hydrogen (secondary N) is 1. The Balaban J connectivity index is 1.49. The summed E-state index contributed by atoms with van der Waals surface area (Å²) >= 11 is 7.54. The van der Waals surface area contributed by atoms with Crippen LogP contribution in [-0.2, 0) is 17.8 Å². The van der Waals surface area contributed by atoms with Gasteiger partial charge in [0.15, 0.2) is 0 Å². The second kappa shape index (κ2) is 8.77. The Labute approximate surface area is 182 Å². The maximum Gasteiger partial charge on any atom is 0.258 e. The van der Waals surface area contributed by atoms with E-state index >= 15 is 0 Å². The van der Waals surface area contributed by atoms with Gasteiger partial charge >= 0.3 is 0 Å². The first-order chi connectivity index (χ1) is 14.5. The van der Waals surface area contributed by atoms with Crippen molar-refractivity contribution in [2.75, 3.05) is 6.54 Å². The number of hydrogen-bond acceptors (Lipinski definition) is 5. The number of carbonyl (C=O) groups excluding carboxylic acids is 1. The Morgan fingerprint density at radius 2 is 2.00 bits per heavy atom. The molecule has 0 aliphatic rings. The maximum atomic E-state index is 12.8. The molecule has 0 saturated carbocycles. The van der Waals surface area contributed by atoms with Crippen molar-refractivity contribution < 1.29 is 4.79 Å². The largest absolute Gasteiger partial charge is 0.335 e. The molecule has 0 aliphatic carbocycles. The van der Waals surface area contributed by atoms with Crippen molar-refractivity contribution in [3.63, 3.8) is 0 Å². The van der Waals surface area contributed by atoms with E-state index in [0.717, 1.165) is 10.6 Å². The molecular formula is C22H19ClN4O2S. The quantitative estimate of drug-likeness (QED) is 0.487. The van der Waals surface area contributed by atoms with Crippen LogP contribution in [0.1, 0.15) is 18.4 Å². The number of amides is 1. The van der Waals surface area contributed by atoms with Gasteiger partial charge in [-0.25, -0.2) is 9.97 Å². The molecule has 0 aliphatic heterocycles. The van der Waals surface area contributed by atoms with E-state index in [0.29, 0.717) is 34.0 Å². The standard InChI is InChI=1S/C22H19ClN4O2S/c1-2-27(12-19-25-18-9-4-3-8-17(18)21(29)26-19)20(28)11-16-13-30-22(24-16)14-6-5-7-15(23)10-14/h3-10,13H,2,11-12H2,1H3,(H,25,26,29). The predicted molar refractivity (Wildman–Crippen MR) is 120 cm³/mol. The Morgan fingerprint density at radius 3 is 2.80 bits per heavy atom. The van der Waals surface area contributed by atoms with Crippen LogP contribution in [0.15, 0.2) is 58.7 Å². The molecule has 4 rings (SSSR count). The van der Waals surface area contributed by atoms with Crippen molar-refractivity contribution in [1.82, 2.24) is 19.9 Å². The molecule has 1 N–H and O–H groups in total. The molecule has 2 heterocycles. The van der Waals surface area contributed by atoms with Crippen LogP contribution in [0.3, 0.4) is 0 Å². The van der Waals surface area contributed by atoms with Crippen LogP contribution in [0, 0.1) is 0 Å². The summed E-state index contributed by atoms with van der Waals surface area (Å²) in [6, 6.07) is 14.6. The highest BCUT2D eigenvalue weighted by Crippen LogP contribution is 2.26. The number of aromatic amines is 1. The lowest BCUT2D eigenvalue weighted by molar-refractivity contribution is -0.131. The fourth-order valence-corrected chi connectivity index (χ4v) is 4.18. The number of H-pyrrole nitrogens is 1. The van der Waals surface area contributed by atoms with Gasteiger partial charge in [0.2, 0.25) is 5.91 Å². The number of rotatable bonds is 6. The third kappa shape index (κ3) is 4.42. The van der Waals surface area contributed by atoms with Gasteiger partial charge in [0.05, 0.1) is 29.6 Å². The fourth-order valence-electron chi connectivity index (χ4n) is 3.18. The molecule has 1 amide bonds. The van der Waals surface area contributed by atoms with Crippen molar-refractivity contribution in [2.24, 2.45) is 0 Å². The summed E-state index contributed by atoms with van der Waals surface area (Å²) < 4.78 is 0. The number of hydrogen-bond donors (Lipinski definition) is 1. The molecule has 0 saturated heterocycles. The van der Waals surface area contributed by atoms with E-state index < -0.39 is 0 Å². The summed E-state index contributed by atoms with van der Waals surface area (Å²) in [5.74, 6) is 0.392. The van der Waals surface area contributed by atoms with Crippen molar-refractivity contribution in [2.45, 2.75) is 19.9 Å². The number of benzene rings is 2. The normalized spacial score (nSPS) is 11.0. The molecule has 0 spiro atoms. The van der Waals surface area contributed by atoms with Crippen LogP contribution in [-0.4, -0.2) is 32.3 Å². The lowest BCUT2D eigenvalue weighted by Crippen LogP contribution is -2.33. The summed E-state index contributed by atoms with van der Waals surface area (Å²) in [5, 5.41) is 3.89. The van der Waals surface area contributed by atoms with E-state index in [-0.39, 0.29) is 24.4 Å². The average molecular weight is 439 g/mol. The molecule has 152 valence electrons. The number of fused-ring (bicyclic) bond motifs is 1. The first kappa shape index (κ1) is 20.3. The van der Waals surface area contributed by atoms with Crippen LogP contribution in [0.2, 0.25) is 5.02 Å². The fraction of sp³-hybridized carbons (Fsp3) is 0.182. The Kier molecular flexibility index (Phi) is 5.92. The van der Waals surface area contributed by atoms with Crippen LogP contribution in [0.5, 0.6) is 0 Å². The highest BCUT2D eigenvalue weighted by Gasteiger charge is 2.17. The molecule has 0 fully saturated rings. The molecule has 0 radical (unpaired) electrons. The van der Waals surface area contributed by atoms with Gasteiger partial charge in [-0.3, -0.25) is 9.59 Å². The topological polar surface area (TPSA) is 79.0 Å². The maximum absolute atomic E-state index is 12.8. The number of para-hydroxylation sites is 1. The number of nitrogens with zero attached hydrogens (tertiary/aromatic N) is 3. The summed E-state index contributed by atoms with van der Waals surface area (Å²) in [5.41, 5.74) is 2.05. The molecule has 30 heavy (non-hydrogen) atoms. The van der Waals surface area contributed by atoms with Gasteiger partial charge in [0.1, 0.15) is 10.8 Å². The molecule has 0 bridgehead atoms. The summed E-state index contributed by atoms with van der Waals surface area (Å²) in [6.07, 6.45) is 0.183. The number of aromatic nitrogens is 3. The smallest absolute Gasteiger partial charge is 0.258 e. The lowest BCUT2D eigenvalue weighted by atomic mass is 10.2. The Morgan fingerprint density at radius 1 is 1.17 bits per heavy atom. The molecule has 0 atom stereocenters. The van der Waals surface area contributed by atoms with E-state index in [4.69, 9.17) is 11.6 Å². The van der Waals surface area contributed by atoms with Crippen LogP contribution < -0.4 is 5.56 Å². The van der Waals surface area contributed by atoms with Gasteiger partial charge in [-0.1, -0.05) is 35.9 Å². The summed E-state index contributed by atoms with van der Waals surface area (Å²) in [7, 11) is 0. The minimum Gasteiger partial charge on any atom is -0.335 e. The van der Waals surface area contributed by atoms with E-state index in [1.54, 1.807) is 23.1 Å². The van der Waals surface area contributed by atoms with E-state index in [1.807, 2.05) is 42.6 Å². The summed E-state index contributed by atoms with van der Waals surface area (Å²) in [4.78, 5) is 38.6. The zero-order chi connectivity index (χ0) is 21.1. The van der Waals surface area contributed by atoms with Crippen molar-refractivity contribution in [3.8, 4) is 10.6 Å². The highest BCUT2D eigenvalue weighted by molar-refractivity contribution is 7.13. The Bertz CT molecular complexity index is 1270. The summed E-state index contributed by atoms with van der Waals surface area (Å²) in [6.45, 7) is 2.64. The molecule has 4 aromatic rings. The first-order valence-corrected chi connectivity index (χ1v) is 10.8. The van der Waals surface area contributed by atoms with Gasteiger partial charge in [-0.15, -0.1) is 11.3 Å². The predicted octanol–water partition coefficient (Wildman–Crippen LogP) is 4.29. The van der Waals surface area contributed by atoms with Crippen molar-refractivity contribution >= 4 is 39.7 Å². The molecule has 2 aromatic heterocycles. The second-order valence-electron chi connectivity index (χ2n) is 6.77. The zero-order valence-corrected chi connectivity index (χ0v) is 17.8. The minimum atomic E-state index is -0.204. The second-order valence-corrected chi connectivity index (χ2v) is 8.06. The van der Waals surface area contributed by atoms with Crippen molar-refractivity contribution in [3.05, 3.63) is 80.8 Å². The molecule has 6 nitrogen and oxygen atoms in total. The van der Waals surface area contributed by atoms with Gasteiger partial charge in [0, 0.05) is 22.5 Å². The van der Waals surface area contributed by atoms with Gasteiger partial charge in [-0.2, -0.15) is 0 Å². The minimum absolute atomic E-state index is 0.0729. The monoisotopic (exact) mass is 438 g/mol. The van der Waals surface area contributed by atoms with Crippen LogP contribution >= 0.6 is 22.9 Å². The Hall–Kier alpha value is -3.03. The van der Waals surface area contributed by atoms with Crippen molar-refractivity contribution in [1.29, 1.82) is 0 Å². The lowest BCUT2D eigenvalue weighted by Gasteiger charge is -2.20. The van der Waals surface area contributed by atoms with E-state index in [1.165, 1.54) is 11.3 Å². The zero-order valence-electron chi connectivity index (χ0n) is 16.3. The molecule has 0 unspecified atom stereocenters. The number of carbonyl (C=O) groups is 1. The molecule has 8 heteroatoms. The number of likely N-dealkylation sites (N-methyl/N-ethyl adjacent to an activating group) is 1. The van der Waals surface area contributed by atoms with Gasteiger partial charge in [0.25, 0.3) is 5.56 Å².